The van der Waals surface area contributed by atoms with Gasteiger partial charge in [-0.15, -0.1) is 23.2 Å². The van der Waals surface area contributed by atoms with Crippen molar-refractivity contribution < 1.29 is 28.9 Å². The smallest absolute Gasteiger partial charge is 0.347 e. The Morgan fingerprint density at radius 2 is 1.58 bits per heavy atom. The summed E-state index contributed by atoms with van der Waals surface area (Å²) in [5.74, 6) is -2.02. The predicted molar refractivity (Wildman–Crippen MR) is 196 cm³/mol. The molecule has 2 aromatic heterocycles. The minimum Gasteiger partial charge on any atom is -0.503 e. The Balaban J connectivity index is 1.34. The fourth-order valence-corrected chi connectivity index (χ4v) is 9.60. The average molecular weight is 885 g/mol. The van der Waals surface area contributed by atoms with Gasteiger partial charge in [0.25, 0.3) is 17.4 Å². The topological polar surface area (TPSA) is 169 Å². The number of aromatic nitrogens is 5. The van der Waals surface area contributed by atoms with Crippen molar-refractivity contribution in [3.05, 3.63) is 81.4 Å². The van der Waals surface area contributed by atoms with Crippen molar-refractivity contribution in [2.24, 2.45) is 7.05 Å². The predicted octanol–water partition coefficient (Wildman–Crippen LogP) is 3.18. The second kappa shape index (κ2) is 12.5. The number of methoxy groups -OCH3 is 3. The first kappa shape index (κ1) is 36.3. The number of hydrogen-bond donors (Lipinski definition) is 1. The summed E-state index contributed by atoms with van der Waals surface area (Å²) in [6.07, 6.45) is 1.32. The fraction of sp³-hybridized carbons (Fsp3) is 0.394. The van der Waals surface area contributed by atoms with Gasteiger partial charge >= 0.3 is 11.4 Å². The molecule has 2 aliphatic heterocycles. The maximum Gasteiger partial charge on any atom is 0.347 e. The van der Waals surface area contributed by atoms with E-state index in [1.165, 1.54) is 48.4 Å². The Hall–Kier alpha value is -4.06. The number of phenolic OH excluding ortho intramolecular Hbond substituents is 1. The van der Waals surface area contributed by atoms with Gasteiger partial charge < -0.3 is 23.9 Å². The van der Waals surface area contributed by atoms with E-state index in [-0.39, 0.29) is 47.6 Å². The molecule has 0 radical (unpaired) electrons. The van der Waals surface area contributed by atoms with Crippen LogP contribution in [0, 0.1) is 0 Å². The van der Waals surface area contributed by atoms with Gasteiger partial charge in [0, 0.05) is 56.0 Å². The molecule has 1 N–H and O–H groups in total. The van der Waals surface area contributed by atoms with Crippen molar-refractivity contribution in [1.29, 1.82) is 0 Å². The molecule has 7 rings (SSSR count). The summed E-state index contributed by atoms with van der Waals surface area (Å²) in [5.41, 5.74) is 0.0377. The summed E-state index contributed by atoms with van der Waals surface area (Å²) in [6, 6.07) is 3.74. The van der Waals surface area contributed by atoms with Crippen LogP contribution in [0.25, 0.3) is 11.0 Å². The van der Waals surface area contributed by atoms with Crippen LogP contribution >= 0.6 is 55.1 Å². The Bertz CT molecular complexity index is 2470. The Morgan fingerprint density at radius 3 is 2.23 bits per heavy atom. The number of halogens is 4. The van der Waals surface area contributed by atoms with Gasteiger partial charge in [-0.1, -0.05) is 6.08 Å². The van der Waals surface area contributed by atoms with Crippen LogP contribution in [-0.4, -0.2) is 83.4 Å². The third-order valence-electron chi connectivity index (χ3n) is 10.3. The number of likely N-dealkylation sites (tertiary alicyclic amines) is 1. The molecule has 1 aliphatic carbocycles. The van der Waals surface area contributed by atoms with Crippen LogP contribution in [0.15, 0.2) is 53.2 Å². The van der Waals surface area contributed by atoms with E-state index >= 15 is 0 Å². The molecule has 4 aromatic rings. The normalized spacial score (nSPS) is 23.7. The lowest BCUT2D eigenvalue weighted by molar-refractivity contribution is -0.137. The molecular formula is C33H30Br2Cl2N6O9. The minimum absolute atomic E-state index is 0.0421. The number of hydrogen-bond acceptors (Lipinski definition) is 10. The van der Waals surface area contributed by atoms with Crippen molar-refractivity contribution in [2.45, 2.75) is 47.6 Å². The first-order valence-corrected chi connectivity index (χ1v) is 18.1. The zero-order chi connectivity index (χ0) is 37.8. The number of rotatable bonds is 7. The summed E-state index contributed by atoms with van der Waals surface area (Å²) in [7, 11) is 7.17. The van der Waals surface area contributed by atoms with E-state index in [1.54, 1.807) is 25.3 Å². The molecule has 274 valence electrons. The molecule has 4 atom stereocenters. The van der Waals surface area contributed by atoms with Crippen LogP contribution in [0.1, 0.15) is 29.6 Å². The number of nitrogens with zero attached hydrogens (tertiary/aromatic N) is 6. The molecule has 0 unspecified atom stereocenters. The number of allylic oxidation sites excluding steroid dienone is 2. The lowest BCUT2D eigenvalue weighted by Gasteiger charge is -2.49. The molecule has 52 heavy (non-hydrogen) atoms. The Kier molecular flexibility index (Phi) is 8.74. The van der Waals surface area contributed by atoms with Crippen LogP contribution < -0.4 is 31.1 Å². The summed E-state index contributed by atoms with van der Waals surface area (Å²) in [6.45, 7) is -0.286. The number of phenols is 1. The van der Waals surface area contributed by atoms with Gasteiger partial charge in [-0.25, -0.2) is 28.5 Å². The van der Waals surface area contributed by atoms with Crippen LogP contribution in [0.2, 0.25) is 0 Å². The van der Waals surface area contributed by atoms with Gasteiger partial charge in [0.15, 0.2) is 32.7 Å². The maximum atomic E-state index is 14.3. The fourth-order valence-electron chi connectivity index (χ4n) is 7.66. The number of alkyl halides is 2. The van der Waals surface area contributed by atoms with Crippen molar-refractivity contribution in [3.63, 3.8) is 0 Å². The summed E-state index contributed by atoms with van der Waals surface area (Å²) in [4.78, 5) is 70.5. The van der Waals surface area contributed by atoms with E-state index in [1.807, 2.05) is 0 Å². The molecule has 3 aliphatic rings. The number of carbonyl (C=O) groups excluding carboxylic acids is 2. The first-order chi connectivity index (χ1) is 24.6. The minimum atomic E-state index is -2.07. The Labute approximate surface area is 321 Å². The van der Waals surface area contributed by atoms with E-state index in [0.29, 0.717) is 38.1 Å². The van der Waals surface area contributed by atoms with E-state index < -0.39 is 50.5 Å². The highest BCUT2D eigenvalue weighted by atomic mass is 79.9. The summed E-state index contributed by atoms with van der Waals surface area (Å²) in [5, 5.41) is 10.7. The van der Waals surface area contributed by atoms with Crippen LogP contribution in [0.3, 0.4) is 0 Å². The van der Waals surface area contributed by atoms with Crippen molar-refractivity contribution >= 4 is 77.9 Å². The third-order valence-corrected chi connectivity index (χ3v) is 13.9. The van der Waals surface area contributed by atoms with Gasteiger partial charge in [0.2, 0.25) is 0 Å². The molecule has 0 spiro atoms. The van der Waals surface area contributed by atoms with Crippen LogP contribution in [0.4, 0.5) is 0 Å². The molecule has 2 aromatic carbocycles. The van der Waals surface area contributed by atoms with Crippen molar-refractivity contribution in [1.82, 2.24) is 28.4 Å². The van der Waals surface area contributed by atoms with E-state index in [0.717, 1.165) is 9.47 Å². The number of benzene rings is 2. The monoisotopic (exact) mass is 882 g/mol. The van der Waals surface area contributed by atoms with Gasteiger partial charge in [-0.2, -0.15) is 0 Å². The molecule has 2 amide bonds. The molecule has 1 saturated heterocycles. The van der Waals surface area contributed by atoms with Gasteiger partial charge in [0.05, 0.1) is 49.4 Å². The molecule has 15 nitrogen and oxygen atoms in total. The molecule has 0 bridgehead atoms. The number of ether oxygens (including phenoxy) is 3. The lowest BCUT2D eigenvalue weighted by Crippen LogP contribution is -2.59. The zero-order valence-electron chi connectivity index (χ0n) is 28.2. The SMILES string of the molecule is COc1cc2nc(CCn3c(=O)n4n(c3=O)[C@@H]3C[C@@]5(Cl)C(=O)N(C)C(=O)[C@@]5(Cl)[C@@H](c5cc(OC)c(O)c(Br)c5Br)C3=CC4)c(=O)n(C)c2cc1OC. The second-order valence-electron chi connectivity index (χ2n) is 12.7. The highest BCUT2D eigenvalue weighted by Gasteiger charge is 2.75. The van der Waals surface area contributed by atoms with Crippen LogP contribution in [0.5, 0.6) is 23.0 Å². The molecule has 2 fully saturated rings. The molecule has 4 heterocycles. The highest BCUT2D eigenvalue weighted by Crippen LogP contribution is 2.64. The third kappa shape index (κ3) is 4.74. The second-order valence-corrected chi connectivity index (χ2v) is 15.5. The average Bonchev–Trinajstić information content (AvgIpc) is 3.45. The lowest BCUT2D eigenvalue weighted by atomic mass is 9.64. The Morgan fingerprint density at radius 1 is 0.923 bits per heavy atom. The molecule has 19 heteroatoms. The highest BCUT2D eigenvalue weighted by molar-refractivity contribution is 9.13. The van der Waals surface area contributed by atoms with Gasteiger partial charge in [0.1, 0.15) is 5.69 Å². The number of aromatic hydroxyl groups is 1. The standard InChI is InChI=1S/C33H30Br2Cl2N6O9/c1-39-18-12-21(51-4)20(50-3)11-17(18)38-16(27(39)45)7-8-41-30(48)42-9-6-14-19(43(42)31(41)49)13-32(36)28(46)40(2)29(47)33(32,37)23(14)15-10-22(52-5)26(44)25(35)24(15)34/h6,10-12,19,23,44H,7-9,13H2,1-5H3/t19-,23-,32-,33+/m1/s1. The molecular weight excluding hydrogens is 855 g/mol. The van der Waals surface area contributed by atoms with Crippen molar-refractivity contribution in [2.75, 3.05) is 28.4 Å². The number of amides is 2. The first-order valence-electron chi connectivity index (χ1n) is 15.8. The number of fused-ring (bicyclic) bond motifs is 5. The quantitative estimate of drug-likeness (QED) is 0.165. The van der Waals surface area contributed by atoms with E-state index in [9.17, 15) is 29.1 Å². The number of carbonyl (C=O) groups is 2. The van der Waals surface area contributed by atoms with Crippen molar-refractivity contribution in [3.8, 4) is 23.0 Å². The zero-order valence-corrected chi connectivity index (χ0v) is 32.9. The van der Waals surface area contributed by atoms with Gasteiger partial charge in [-0.3, -0.25) is 19.3 Å². The number of aryl methyl sites for hydroxylation is 2. The summed E-state index contributed by atoms with van der Waals surface area (Å²) < 4.78 is 21.5. The molecule has 1 saturated carbocycles. The van der Waals surface area contributed by atoms with E-state index in [2.05, 4.69) is 36.8 Å². The summed E-state index contributed by atoms with van der Waals surface area (Å²) >= 11 is 21.4. The largest absolute Gasteiger partial charge is 0.503 e. The van der Waals surface area contributed by atoms with E-state index in [4.69, 9.17) is 37.4 Å². The van der Waals surface area contributed by atoms with Crippen LogP contribution in [-0.2, 0) is 36.1 Å². The number of imide groups is 1. The van der Waals surface area contributed by atoms with Gasteiger partial charge in [-0.05, 0) is 49.1 Å². The maximum absolute atomic E-state index is 14.3.